The van der Waals surface area contributed by atoms with Crippen LogP contribution in [0.25, 0.3) is 11.3 Å². The van der Waals surface area contributed by atoms with Crippen LogP contribution in [-0.4, -0.2) is 44.0 Å². The minimum atomic E-state index is -0.0302. The second-order valence-electron chi connectivity index (χ2n) is 6.92. The molecule has 0 aliphatic carbocycles. The van der Waals surface area contributed by atoms with Crippen molar-refractivity contribution in [2.24, 2.45) is 5.92 Å². The SMILES string of the molecule is Cc1noc(C)c1-c1cccc(C[C@H]2CCN(C(=O)c3ccncn3)C2)n1. The number of rotatable bonds is 4. The highest BCUT2D eigenvalue weighted by Gasteiger charge is 2.28. The number of hydrogen-bond donors (Lipinski definition) is 0. The first-order chi connectivity index (χ1) is 13.1. The van der Waals surface area contributed by atoms with Gasteiger partial charge in [-0.3, -0.25) is 9.78 Å². The first kappa shape index (κ1) is 17.3. The van der Waals surface area contributed by atoms with E-state index >= 15 is 0 Å². The number of carbonyl (C=O) groups excluding carboxylic acids is 1. The van der Waals surface area contributed by atoms with Crippen molar-refractivity contribution < 1.29 is 9.32 Å². The summed E-state index contributed by atoms with van der Waals surface area (Å²) in [6, 6.07) is 7.69. The minimum absolute atomic E-state index is 0.0302. The maximum atomic E-state index is 12.5. The molecule has 27 heavy (non-hydrogen) atoms. The summed E-state index contributed by atoms with van der Waals surface area (Å²) >= 11 is 0. The van der Waals surface area contributed by atoms with Crippen molar-refractivity contribution in [3.05, 3.63) is 59.6 Å². The van der Waals surface area contributed by atoms with Crippen LogP contribution in [0.2, 0.25) is 0 Å². The summed E-state index contributed by atoms with van der Waals surface area (Å²) in [4.78, 5) is 27.1. The predicted octanol–water partition coefficient (Wildman–Crippen LogP) is 2.85. The van der Waals surface area contributed by atoms with Crippen LogP contribution in [-0.2, 0) is 6.42 Å². The molecule has 7 heteroatoms. The van der Waals surface area contributed by atoms with Crippen LogP contribution in [0.3, 0.4) is 0 Å². The highest BCUT2D eigenvalue weighted by atomic mass is 16.5. The zero-order valence-corrected chi connectivity index (χ0v) is 15.4. The molecule has 1 fully saturated rings. The summed E-state index contributed by atoms with van der Waals surface area (Å²) in [6.45, 7) is 5.29. The third kappa shape index (κ3) is 3.58. The molecule has 138 valence electrons. The van der Waals surface area contributed by atoms with Crippen LogP contribution < -0.4 is 0 Å². The molecule has 1 aliphatic heterocycles. The average molecular weight is 363 g/mol. The van der Waals surface area contributed by atoms with Gasteiger partial charge in [-0.05, 0) is 50.8 Å². The number of amides is 1. The fourth-order valence-corrected chi connectivity index (χ4v) is 3.64. The Balaban J connectivity index is 1.45. The van der Waals surface area contributed by atoms with Crippen LogP contribution in [0, 0.1) is 19.8 Å². The van der Waals surface area contributed by atoms with Crippen molar-refractivity contribution in [1.82, 2.24) is 25.0 Å². The Bertz CT molecular complexity index is 935. The second-order valence-corrected chi connectivity index (χ2v) is 6.92. The van der Waals surface area contributed by atoms with E-state index < -0.39 is 0 Å². The summed E-state index contributed by atoms with van der Waals surface area (Å²) in [7, 11) is 0. The fraction of sp³-hybridized carbons (Fsp3) is 0.350. The molecule has 1 amide bonds. The monoisotopic (exact) mass is 363 g/mol. The molecule has 3 aromatic rings. The van der Waals surface area contributed by atoms with Crippen LogP contribution in [0.15, 0.2) is 41.3 Å². The molecule has 1 atom stereocenters. The fourth-order valence-electron chi connectivity index (χ4n) is 3.64. The Morgan fingerprint density at radius 3 is 2.93 bits per heavy atom. The van der Waals surface area contributed by atoms with E-state index in [0.717, 1.165) is 54.3 Å². The van der Waals surface area contributed by atoms with Crippen molar-refractivity contribution in [3.63, 3.8) is 0 Å². The van der Waals surface area contributed by atoms with E-state index in [9.17, 15) is 4.79 Å². The van der Waals surface area contributed by atoms with E-state index in [1.807, 2.05) is 36.9 Å². The van der Waals surface area contributed by atoms with Gasteiger partial charge in [0.15, 0.2) is 0 Å². The topological polar surface area (TPSA) is 85.0 Å². The first-order valence-corrected chi connectivity index (χ1v) is 9.06. The molecule has 1 saturated heterocycles. The molecule has 0 saturated carbocycles. The number of aromatic nitrogens is 4. The smallest absolute Gasteiger partial charge is 0.272 e. The summed E-state index contributed by atoms with van der Waals surface area (Å²) in [5.74, 6) is 1.14. The van der Waals surface area contributed by atoms with Gasteiger partial charge in [0.2, 0.25) is 0 Å². The van der Waals surface area contributed by atoms with Gasteiger partial charge in [0, 0.05) is 25.0 Å². The minimum Gasteiger partial charge on any atom is -0.361 e. The Hall–Kier alpha value is -3.09. The Labute approximate surface area is 157 Å². The molecule has 0 radical (unpaired) electrons. The Morgan fingerprint density at radius 2 is 2.19 bits per heavy atom. The van der Waals surface area contributed by atoms with Crippen molar-refractivity contribution in [2.45, 2.75) is 26.7 Å². The normalized spacial score (nSPS) is 16.7. The zero-order valence-electron chi connectivity index (χ0n) is 15.4. The van der Waals surface area contributed by atoms with Gasteiger partial charge in [-0.1, -0.05) is 11.2 Å². The molecule has 0 bridgehead atoms. The van der Waals surface area contributed by atoms with E-state index in [1.165, 1.54) is 6.33 Å². The quantitative estimate of drug-likeness (QED) is 0.709. The molecule has 0 aromatic carbocycles. The standard InChI is InChI=1S/C20H21N5O2/c1-13-19(14(2)27-24-13)17-5-3-4-16(23-17)10-15-7-9-25(11-15)20(26)18-6-8-21-12-22-18/h3-6,8,12,15H,7,9-11H2,1-2H3/t15-/m1/s1. The van der Waals surface area contributed by atoms with Crippen LogP contribution in [0.4, 0.5) is 0 Å². The maximum Gasteiger partial charge on any atom is 0.272 e. The molecule has 4 heterocycles. The molecule has 0 spiro atoms. The Morgan fingerprint density at radius 1 is 1.30 bits per heavy atom. The summed E-state index contributed by atoms with van der Waals surface area (Å²) in [5, 5.41) is 4.01. The van der Waals surface area contributed by atoms with Crippen molar-refractivity contribution in [2.75, 3.05) is 13.1 Å². The van der Waals surface area contributed by atoms with E-state index in [4.69, 9.17) is 9.51 Å². The van der Waals surface area contributed by atoms with E-state index in [1.54, 1.807) is 12.3 Å². The number of nitrogens with zero attached hydrogens (tertiary/aromatic N) is 5. The van der Waals surface area contributed by atoms with Crippen LogP contribution in [0.5, 0.6) is 0 Å². The molecule has 0 N–H and O–H groups in total. The van der Waals surface area contributed by atoms with E-state index in [2.05, 4.69) is 15.1 Å². The van der Waals surface area contributed by atoms with Gasteiger partial charge in [-0.15, -0.1) is 0 Å². The number of likely N-dealkylation sites (tertiary alicyclic amines) is 1. The third-order valence-electron chi connectivity index (χ3n) is 4.97. The summed E-state index contributed by atoms with van der Waals surface area (Å²) in [5.41, 5.74) is 4.16. The maximum absolute atomic E-state index is 12.5. The van der Waals surface area contributed by atoms with Gasteiger partial charge in [0.25, 0.3) is 5.91 Å². The molecular weight excluding hydrogens is 342 g/mol. The van der Waals surface area contributed by atoms with Crippen LogP contribution in [0.1, 0.15) is 34.1 Å². The zero-order chi connectivity index (χ0) is 18.8. The molecule has 4 rings (SSSR count). The predicted molar refractivity (Wildman–Crippen MR) is 99.0 cm³/mol. The van der Waals surface area contributed by atoms with Gasteiger partial charge in [-0.2, -0.15) is 0 Å². The van der Waals surface area contributed by atoms with Crippen molar-refractivity contribution in [3.8, 4) is 11.3 Å². The number of aryl methyl sites for hydroxylation is 2. The summed E-state index contributed by atoms with van der Waals surface area (Å²) in [6.07, 6.45) is 4.81. The molecule has 3 aromatic heterocycles. The average Bonchev–Trinajstić information content (AvgIpc) is 3.28. The van der Waals surface area contributed by atoms with Gasteiger partial charge < -0.3 is 9.42 Å². The molecule has 1 aliphatic rings. The van der Waals surface area contributed by atoms with E-state index in [-0.39, 0.29) is 5.91 Å². The molecule has 7 nitrogen and oxygen atoms in total. The largest absolute Gasteiger partial charge is 0.361 e. The number of hydrogen-bond acceptors (Lipinski definition) is 6. The van der Waals surface area contributed by atoms with Gasteiger partial charge in [0.1, 0.15) is 17.8 Å². The lowest BCUT2D eigenvalue weighted by Crippen LogP contribution is -2.29. The Kier molecular flexibility index (Phi) is 4.66. The molecule has 0 unspecified atom stereocenters. The third-order valence-corrected chi connectivity index (χ3v) is 4.97. The number of pyridine rings is 1. The molecular formula is C20H21N5O2. The lowest BCUT2D eigenvalue weighted by molar-refractivity contribution is 0.0781. The highest BCUT2D eigenvalue weighted by molar-refractivity contribution is 5.92. The number of carbonyl (C=O) groups is 1. The second kappa shape index (κ2) is 7.26. The van der Waals surface area contributed by atoms with Crippen molar-refractivity contribution >= 4 is 5.91 Å². The summed E-state index contributed by atoms with van der Waals surface area (Å²) < 4.78 is 5.26. The van der Waals surface area contributed by atoms with E-state index in [0.29, 0.717) is 11.6 Å². The lowest BCUT2D eigenvalue weighted by Gasteiger charge is -2.16. The highest BCUT2D eigenvalue weighted by Crippen LogP contribution is 2.27. The van der Waals surface area contributed by atoms with Crippen molar-refractivity contribution in [1.29, 1.82) is 0 Å². The first-order valence-electron chi connectivity index (χ1n) is 9.06. The van der Waals surface area contributed by atoms with Crippen LogP contribution >= 0.6 is 0 Å². The van der Waals surface area contributed by atoms with Gasteiger partial charge >= 0.3 is 0 Å². The van der Waals surface area contributed by atoms with Gasteiger partial charge in [0.05, 0.1) is 17.0 Å². The van der Waals surface area contributed by atoms with Gasteiger partial charge in [-0.25, -0.2) is 9.97 Å². The lowest BCUT2D eigenvalue weighted by atomic mass is 10.0.